The molecule has 10 nitrogen and oxygen atoms in total. The van der Waals surface area contributed by atoms with Crippen LogP contribution >= 0.6 is 23.1 Å². The fourth-order valence-corrected chi connectivity index (χ4v) is 6.09. The van der Waals surface area contributed by atoms with Crippen molar-refractivity contribution in [2.24, 2.45) is 0 Å². The Bertz CT molecular complexity index is 1240. The highest BCUT2D eigenvalue weighted by Gasteiger charge is 2.32. The van der Waals surface area contributed by atoms with Gasteiger partial charge < -0.3 is 19.9 Å². The smallest absolute Gasteiger partial charge is 0.243 e. The van der Waals surface area contributed by atoms with Crippen LogP contribution in [0.25, 0.3) is 0 Å². The predicted octanol–water partition coefficient (Wildman–Crippen LogP) is 4.36. The molecule has 2 heterocycles. The lowest BCUT2D eigenvalue weighted by atomic mass is 10.0. The standard InChI is InChI=1S/C28H34N4O6S2/c1-18-30-31-28(40-18)39-17-23-14-24(21-10-8-20(16-33)9-11-21)38-27(37-23)22-12-6-19(7-13-22)15-29-25(34)4-2-3-5-26(35)32-36/h6-13,23-24,27,33,36H,2-5,14-17H2,1H3,(H,29,34)(H,32,35). The van der Waals surface area contributed by atoms with Crippen LogP contribution in [0.3, 0.4) is 0 Å². The Kier molecular flexibility index (Phi) is 11.5. The van der Waals surface area contributed by atoms with Crippen molar-refractivity contribution in [2.75, 3.05) is 5.75 Å². The highest BCUT2D eigenvalue weighted by Crippen LogP contribution is 2.39. The minimum absolute atomic E-state index is 0.00573. The number of nitrogens with one attached hydrogen (secondary N) is 2. The van der Waals surface area contributed by atoms with E-state index < -0.39 is 12.2 Å². The van der Waals surface area contributed by atoms with E-state index in [1.54, 1.807) is 28.6 Å². The summed E-state index contributed by atoms with van der Waals surface area (Å²) < 4.78 is 13.7. The molecule has 0 bridgehead atoms. The van der Waals surface area contributed by atoms with Gasteiger partial charge in [-0.2, -0.15) is 0 Å². The summed E-state index contributed by atoms with van der Waals surface area (Å²) in [5, 5.41) is 30.1. The Morgan fingerprint density at radius 2 is 1.65 bits per heavy atom. The number of carbonyl (C=O) groups is 2. The lowest BCUT2D eigenvalue weighted by molar-refractivity contribution is -0.245. The van der Waals surface area contributed by atoms with Crippen LogP contribution in [0.4, 0.5) is 0 Å². The maximum Gasteiger partial charge on any atom is 0.243 e. The number of hydrogen-bond acceptors (Lipinski definition) is 10. The minimum atomic E-state index is -0.558. The number of aromatic nitrogens is 2. The molecule has 0 saturated carbocycles. The Morgan fingerprint density at radius 1 is 0.975 bits per heavy atom. The highest BCUT2D eigenvalue weighted by molar-refractivity contribution is 8.01. The summed E-state index contributed by atoms with van der Waals surface area (Å²) in [7, 11) is 0. The fraction of sp³-hybridized carbons (Fsp3) is 0.429. The minimum Gasteiger partial charge on any atom is -0.392 e. The van der Waals surface area contributed by atoms with E-state index in [1.807, 2.05) is 55.5 Å². The van der Waals surface area contributed by atoms with Gasteiger partial charge in [-0.25, -0.2) is 5.48 Å². The van der Waals surface area contributed by atoms with Gasteiger partial charge in [-0.15, -0.1) is 10.2 Å². The average molecular weight is 587 g/mol. The topological polar surface area (TPSA) is 143 Å². The second kappa shape index (κ2) is 15.2. The van der Waals surface area contributed by atoms with Crippen LogP contribution < -0.4 is 10.8 Å². The summed E-state index contributed by atoms with van der Waals surface area (Å²) in [6.07, 6.45) is 1.49. The van der Waals surface area contributed by atoms with Gasteiger partial charge in [0.25, 0.3) is 0 Å². The molecule has 12 heteroatoms. The first-order valence-electron chi connectivity index (χ1n) is 13.2. The third-order valence-electron chi connectivity index (χ3n) is 6.44. The summed E-state index contributed by atoms with van der Waals surface area (Å²) in [6.45, 7) is 2.32. The number of aliphatic hydroxyl groups excluding tert-OH is 1. The Labute approximate surface area is 241 Å². The maximum absolute atomic E-state index is 12.1. The summed E-state index contributed by atoms with van der Waals surface area (Å²) in [5.41, 5.74) is 5.30. The van der Waals surface area contributed by atoms with Gasteiger partial charge in [0.2, 0.25) is 11.8 Å². The molecule has 4 N–H and O–H groups in total. The van der Waals surface area contributed by atoms with Gasteiger partial charge in [-0.05, 0) is 36.5 Å². The van der Waals surface area contributed by atoms with Gasteiger partial charge >= 0.3 is 0 Å². The van der Waals surface area contributed by atoms with E-state index in [-0.39, 0.29) is 31.1 Å². The second-order valence-electron chi connectivity index (χ2n) is 9.51. The van der Waals surface area contributed by atoms with Crippen molar-refractivity contribution in [1.29, 1.82) is 0 Å². The van der Waals surface area contributed by atoms with Crippen LogP contribution in [0, 0.1) is 6.92 Å². The molecule has 1 aliphatic rings. The highest BCUT2D eigenvalue weighted by atomic mass is 32.2. The number of aliphatic hydroxyl groups is 1. The van der Waals surface area contributed by atoms with Gasteiger partial charge in [0.05, 0.1) is 18.8 Å². The first-order valence-corrected chi connectivity index (χ1v) is 15.0. The zero-order chi connectivity index (χ0) is 28.3. The normalized spacial score (nSPS) is 18.8. The molecule has 0 spiro atoms. The van der Waals surface area contributed by atoms with Crippen LogP contribution in [0.2, 0.25) is 0 Å². The van der Waals surface area contributed by atoms with Crippen molar-refractivity contribution >= 4 is 34.9 Å². The Balaban J connectivity index is 1.35. The van der Waals surface area contributed by atoms with Crippen molar-refractivity contribution in [3.8, 4) is 0 Å². The maximum atomic E-state index is 12.1. The Morgan fingerprint density at radius 3 is 2.30 bits per heavy atom. The number of hydrogen-bond donors (Lipinski definition) is 4. The summed E-state index contributed by atoms with van der Waals surface area (Å²) in [6, 6.07) is 15.6. The number of nitrogens with zero attached hydrogens (tertiary/aromatic N) is 2. The van der Waals surface area contributed by atoms with Crippen LogP contribution in [0.1, 0.15) is 71.8 Å². The van der Waals surface area contributed by atoms with E-state index in [1.165, 1.54) is 0 Å². The number of amides is 2. The van der Waals surface area contributed by atoms with E-state index in [9.17, 15) is 14.7 Å². The quantitative estimate of drug-likeness (QED) is 0.0994. The van der Waals surface area contributed by atoms with Crippen molar-refractivity contribution < 1.29 is 29.4 Å². The van der Waals surface area contributed by atoms with Crippen LogP contribution in [-0.4, -0.2) is 44.2 Å². The van der Waals surface area contributed by atoms with Crippen molar-refractivity contribution in [3.05, 3.63) is 75.8 Å². The fourth-order valence-electron chi connectivity index (χ4n) is 4.23. The first-order chi connectivity index (χ1) is 19.4. The van der Waals surface area contributed by atoms with E-state index in [0.717, 1.165) is 31.6 Å². The van der Waals surface area contributed by atoms with Crippen LogP contribution in [0.5, 0.6) is 0 Å². The van der Waals surface area contributed by atoms with E-state index in [4.69, 9.17) is 14.7 Å². The molecule has 40 heavy (non-hydrogen) atoms. The number of rotatable bonds is 13. The lowest BCUT2D eigenvalue weighted by Crippen LogP contribution is -2.31. The molecule has 4 rings (SSSR count). The molecule has 0 aliphatic carbocycles. The predicted molar refractivity (Wildman–Crippen MR) is 150 cm³/mol. The van der Waals surface area contributed by atoms with Crippen molar-refractivity contribution in [3.63, 3.8) is 0 Å². The molecule has 3 atom stereocenters. The molecule has 2 amide bonds. The Hall–Kier alpha value is -2.87. The second-order valence-corrected chi connectivity index (χ2v) is 12.0. The third-order valence-corrected chi connectivity index (χ3v) is 8.54. The number of thioether (sulfide) groups is 1. The molecule has 3 unspecified atom stereocenters. The summed E-state index contributed by atoms with van der Waals surface area (Å²) in [4.78, 5) is 23.2. The average Bonchev–Trinajstić information content (AvgIpc) is 3.42. The van der Waals surface area contributed by atoms with Gasteiger partial charge in [0.1, 0.15) is 5.01 Å². The first kappa shape index (κ1) is 30.1. The molecule has 1 aliphatic heterocycles. The number of unbranched alkanes of at least 4 members (excludes halogenated alkanes) is 1. The van der Waals surface area contributed by atoms with E-state index in [0.29, 0.717) is 38.0 Å². The molecule has 214 valence electrons. The van der Waals surface area contributed by atoms with Gasteiger partial charge in [-0.1, -0.05) is 71.6 Å². The number of benzene rings is 2. The van der Waals surface area contributed by atoms with Crippen LogP contribution in [0.15, 0.2) is 52.9 Å². The molecule has 3 aromatic rings. The molecular weight excluding hydrogens is 552 g/mol. The summed E-state index contributed by atoms with van der Waals surface area (Å²) >= 11 is 3.20. The number of aryl methyl sites for hydroxylation is 1. The third kappa shape index (κ3) is 9.08. The molecule has 1 saturated heterocycles. The number of carbonyl (C=O) groups excluding carboxylic acids is 2. The van der Waals surface area contributed by atoms with E-state index >= 15 is 0 Å². The van der Waals surface area contributed by atoms with Gasteiger partial charge in [-0.3, -0.25) is 14.8 Å². The number of ether oxygens (including phenoxy) is 2. The molecule has 1 aromatic heterocycles. The van der Waals surface area contributed by atoms with Gasteiger partial charge in [0.15, 0.2) is 10.6 Å². The summed E-state index contributed by atoms with van der Waals surface area (Å²) in [5.74, 6) is 0.178. The lowest BCUT2D eigenvalue weighted by Gasteiger charge is -2.36. The van der Waals surface area contributed by atoms with Crippen molar-refractivity contribution in [1.82, 2.24) is 21.0 Å². The SMILES string of the molecule is Cc1nnc(SCC2CC(c3ccc(CO)cc3)OC(c3ccc(CNC(=O)CCCCC(=O)NO)cc3)O2)s1. The largest absolute Gasteiger partial charge is 0.392 e. The zero-order valence-electron chi connectivity index (χ0n) is 22.2. The molecular formula is C28H34N4O6S2. The van der Waals surface area contributed by atoms with E-state index in [2.05, 4.69) is 15.5 Å². The zero-order valence-corrected chi connectivity index (χ0v) is 23.9. The molecule has 2 aromatic carbocycles. The molecule has 0 radical (unpaired) electrons. The molecule has 1 fully saturated rings. The monoisotopic (exact) mass is 586 g/mol. The van der Waals surface area contributed by atoms with Gasteiger partial charge in [0, 0.05) is 37.1 Å². The van der Waals surface area contributed by atoms with Crippen molar-refractivity contribution in [2.45, 2.75) is 75.0 Å². The van der Waals surface area contributed by atoms with Crippen LogP contribution in [-0.2, 0) is 32.2 Å². The number of hydroxylamine groups is 1.